The van der Waals surface area contributed by atoms with Gasteiger partial charge < -0.3 is 9.31 Å². The third-order valence-electron chi connectivity index (χ3n) is 4.48. The first-order valence-corrected chi connectivity index (χ1v) is 7.10. The van der Waals surface area contributed by atoms with Gasteiger partial charge in [-0.25, -0.2) is 0 Å². The molecule has 1 fully saturated rings. The summed E-state index contributed by atoms with van der Waals surface area (Å²) in [6.07, 6.45) is 1.66. The number of non-ortho nitro benzene ring substituents is 1. The van der Waals surface area contributed by atoms with E-state index in [-0.39, 0.29) is 5.69 Å². The van der Waals surface area contributed by atoms with Gasteiger partial charge in [0.1, 0.15) is 0 Å². The van der Waals surface area contributed by atoms with Gasteiger partial charge in [0, 0.05) is 23.7 Å². The van der Waals surface area contributed by atoms with E-state index in [1.165, 1.54) is 12.1 Å². The second-order valence-corrected chi connectivity index (χ2v) is 6.45. The van der Waals surface area contributed by atoms with Gasteiger partial charge >= 0.3 is 7.12 Å². The van der Waals surface area contributed by atoms with E-state index in [0.717, 1.165) is 5.46 Å². The van der Waals surface area contributed by atoms with Crippen LogP contribution in [0.3, 0.4) is 0 Å². The quantitative estimate of drug-likeness (QED) is 0.484. The third kappa shape index (κ3) is 2.26. The molecule has 0 aliphatic carbocycles. The Bertz CT molecular complexity index is 744. The van der Waals surface area contributed by atoms with Crippen LogP contribution >= 0.6 is 0 Å². The standard InChI is InChI=1S/C15H17BN2O4/c1-14(2)15(3,4)22-16(21-14)12-7-8-17-13-6-5-10(18(19)20)9-11(12)13/h5-9H,1-4H3. The Hall–Kier alpha value is -1.99. The van der Waals surface area contributed by atoms with Crippen LogP contribution < -0.4 is 5.46 Å². The molecule has 0 atom stereocenters. The molecule has 0 N–H and O–H groups in total. The molecule has 0 spiro atoms. The number of nitro benzene ring substituents is 1. The monoisotopic (exact) mass is 300 g/mol. The lowest BCUT2D eigenvalue weighted by Gasteiger charge is -2.32. The fourth-order valence-corrected chi connectivity index (χ4v) is 2.44. The predicted octanol–water partition coefficient (Wildman–Crippen LogP) is 2.44. The van der Waals surface area contributed by atoms with Crippen molar-refractivity contribution in [1.29, 1.82) is 0 Å². The van der Waals surface area contributed by atoms with Gasteiger partial charge in [0.2, 0.25) is 0 Å². The first kappa shape index (κ1) is 14.9. The second kappa shape index (κ2) is 4.76. The summed E-state index contributed by atoms with van der Waals surface area (Å²) in [5.74, 6) is 0. The maximum absolute atomic E-state index is 11.0. The molecule has 22 heavy (non-hydrogen) atoms. The van der Waals surface area contributed by atoms with Gasteiger partial charge in [0.05, 0.1) is 21.6 Å². The highest BCUT2D eigenvalue weighted by Crippen LogP contribution is 2.37. The lowest BCUT2D eigenvalue weighted by atomic mass is 9.77. The number of hydrogen-bond donors (Lipinski definition) is 0. The molecule has 114 valence electrons. The van der Waals surface area contributed by atoms with Crippen LogP contribution in [-0.4, -0.2) is 28.2 Å². The molecule has 6 nitrogen and oxygen atoms in total. The zero-order valence-electron chi connectivity index (χ0n) is 13.0. The second-order valence-electron chi connectivity index (χ2n) is 6.45. The number of benzene rings is 1. The van der Waals surface area contributed by atoms with Gasteiger partial charge in [-0.15, -0.1) is 0 Å². The summed E-state index contributed by atoms with van der Waals surface area (Å²) in [6, 6.07) is 6.39. The smallest absolute Gasteiger partial charge is 0.399 e. The molecule has 1 aliphatic rings. The Morgan fingerprint density at radius 3 is 2.36 bits per heavy atom. The Morgan fingerprint density at radius 1 is 1.14 bits per heavy atom. The average molecular weight is 300 g/mol. The van der Waals surface area contributed by atoms with Crippen LogP contribution in [0.2, 0.25) is 0 Å². The lowest BCUT2D eigenvalue weighted by Crippen LogP contribution is -2.41. The summed E-state index contributed by atoms with van der Waals surface area (Å²) in [5.41, 5.74) is 0.533. The van der Waals surface area contributed by atoms with E-state index in [4.69, 9.17) is 9.31 Å². The highest BCUT2D eigenvalue weighted by Gasteiger charge is 2.52. The minimum atomic E-state index is -0.572. The highest BCUT2D eigenvalue weighted by molar-refractivity contribution is 6.65. The minimum Gasteiger partial charge on any atom is -0.399 e. The number of rotatable bonds is 2. The van der Waals surface area contributed by atoms with Crippen LogP contribution in [0.15, 0.2) is 30.5 Å². The zero-order valence-corrected chi connectivity index (χ0v) is 13.0. The Labute approximate surface area is 128 Å². The largest absolute Gasteiger partial charge is 0.495 e. The van der Waals surface area contributed by atoms with Crippen LogP contribution in [0.4, 0.5) is 5.69 Å². The Balaban J connectivity index is 2.12. The molecule has 1 saturated heterocycles. The summed E-state index contributed by atoms with van der Waals surface area (Å²) in [7, 11) is -0.572. The van der Waals surface area contributed by atoms with E-state index >= 15 is 0 Å². The molecule has 0 saturated carbocycles. The SMILES string of the molecule is CC1(C)OB(c2ccnc3ccc([N+](=O)[O-])cc23)OC1(C)C. The normalized spacial score (nSPS) is 19.5. The van der Waals surface area contributed by atoms with Crippen molar-refractivity contribution in [3.05, 3.63) is 40.6 Å². The maximum Gasteiger partial charge on any atom is 0.495 e. The number of nitrogens with zero attached hydrogens (tertiary/aromatic N) is 2. The van der Waals surface area contributed by atoms with E-state index < -0.39 is 23.2 Å². The van der Waals surface area contributed by atoms with Crippen LogP contribution in [0.1, 0.15) is 27.7 Å². The lowest BCUT2D eigenvalue weighted by molar-refractivity contribution is -0.384. The summed E-state index contributed by atoms with van der Waals surface area (Å²) < 4.78 is 12.1. The molecular formula is C15H17BN2O4. The maximum atomic E-state index is 11.0. The molecule has 0 amide bonds. The number of hydrogen-bond acceptors (Lipinski definition) is 5. The number of fused-ring (bicyclic) bond motifs is 1. The molecule has 0 bridgehead atoms. The number of nitro groups is 1. The molecule has 0 unspecified atom stereocenters. The van der Waals surface area contributed by atoms with Gasteiger partial charge in [-0.05, 0) is 45.3 Å². The zero-order chi connectivity index (χ0) is 16.1. The van der Waals surface area contributed by atoms with Gasteiger partial charge in [-0.1, -0.05) is 0 Å². The van der Waals surface area contributed by atoms with Crippen molar-refractivity contribution in [2.24, 2.45) is 0 Å². The highest BCUT2D eigenvalue weighted by atomic mass is 16.7. The predicted molar refractivity (Wildman–Crippen MR) is 84.1 cm³/mol. The third-order valence-corrected chi connectivity index (χ3v) is 4.48. The van der Waals surface area contributed by atoms with Crippen molar-refractivity contribution >= 4 is 29.2 Å². The van der Waals surface area contributed by atoms with E-state index in [0.29, 0.717) is 10.9 Å². The molecule has 1 aromatic carbocycles. The van der Waals surface area contributed by atoms with E-state index in [1.807, 2.05) is 27.7 Å². The van der Waals surface area contributed by atoms with Crippen molar-refractivity contribution in [3.63, 3.8) is 0 Å². The Morgan fingerprint density at radius 2 is 1.77 bits per heavy atom. The van der Waals surface area contributed by atoms with Crippen LogP contribution in [0.25, 0.3) is 10.9 Å². The fourth-order valence-electron chi connectivity index (χ4n) is 2.44. The average Bonchev–Trinajstić information content (AvgIpc) is 2.66. The summed E-state index contributed by atoms with van der Waals surface area (Å²) >= 11 is 0. The number of pyridine rings is 1. The molecule has 1 aromatic heterocycles. The summed E-state index contributed by atoms with van der Waals surface area (Å²) in [4.78, 5) is 14.8. The van der Waals surface area contributed by atoms with Crippen molar-refractivity contribution in [1.82, 2.24) is 4.98 Å². The van der Waals surface area contributed by atoms with E-state index in [1.54, 1.807) is 18.3 Å². The summed E-state index contributed by atoms with van der Waals surface area (Å²) in [5, 5.41) is 11.7. The molecule has 1 aliphatic heterocycles. The van der Waals surface area contributed by atoms with Gasteiger partial charge in [-0.2, -0.15) is 0 Å². The Kier molecular flexibility index (Phi) is 3.23. The van der Waals surface area contributed by atoms with Gasteiger partial charge in [-0.3, -0.25) is 15.1 Å². The fraction of sp³-hybridized carbons (Fsp3) is 0.400. The van der Waals surface area contributed by atoms with Gasteiger partial charge in [0.25, 0.3) is 5.69 Å². The van der Waals surface area contributed by atoms with Crippen molar-refractivity contribution in [3.8, 4) is 0 Å². The van der Waals surface area contributed by atoms with Gasteiger partial charge in [0.15, 0.2) is 0 Å². The molecule has 2 aromatic rings. The van der Waals surface area contributed by atoms with Crippen LogP contribution in [-0.2, 0) is 9.31 Å². The van der Waals surface area contributed by atoms with Crippen LogP contribution in [0.5, 0.6) is 0 Å². The van der Waals surface area contributed by atoms with Crippen molar-refractivity contribution < 1.29 is 14.2 Å². The topological polar surface area (TPSA) is 74.5 Å². The minimum absolute atomic E-state index is 0.0262. The van der Waals surface area contributed by atoms with Crippen LogP contribution in [0, 0.1) is 10.1 Å². The van der Waals surface area contributed by atoms with Crippen molar-refractivity contribution in [2.75, 3.05) is 0 Å². The number of aromatic nitrogens is 1. The van der Waals surface area contributed by atoms with E-state index in [2.05, 4.69) is 4.98 Å². The molecule has 0 radical (unpaired) electrons. The first-order valence-electron chi connectivity index (χ1n) is 7.10. The van der Waals surface area contributed by atoms with E-state index in [9.17, 15) is 10.1 Å². The molecule has 2 heterocycles. The molecule has 3 rings (SSSR count). The molecular weight excluding hydrogens is 283 g/mol. The summed E-state index contributed by atoms with van der Waals surface area (Å²) in [6.45, 7) is 7.88. The van der Waals surface area contributed by atoms with Crippen molar-refractivity contribution in [2.45, 2.75) is 38.9 Å². The first-order chi connectivity index (χ1) is 10.2. The molecule has 7 heteroatoms.